The Morgan fingerprint density at radius 2 is 2.10 bits per heavy atom. The van der Waals surface area contributed by atoms with Crippen molar-refractivity contribution in [3.63, 3.8) is 0 Å². The number of thiocarbonyl (C=S) groups is 1. The molecule has 1 aliphatic rings. The lowest BCUT2D eigenvalue weighted by Crippen LogP contribution is -2.30. The Bertz CT molecular complexity index is 1170. The number of benzene rings is 2. The molecular weight excluding hydrogens is 464 g/mol. The van der Waals surface area contributed by atoms with Crippen LogP contribution in [0.2, 0.25) is 0 Å². The highest BCUT2D eigenvalue weighted by molar-refractivity contribution is 9.10. The third kappa shape index (κ3) is 4.15. The van der Waals surface area contributed by atoms with E-state index in [0.29, 0.717) is 17.4 Å². The first-order chi connectivity index (χ1) is 14.4. The molecule has 1 aromatic heterocycles. The van der Waals surface area contributed by atoms with Crippen LogP contribution < -0.4 is 15.0 Å². The summed E-state index contributed by atoms with van der Waals surface area (Å²) < 4.78 is 8.21. The number of carbonyl (C=O) groups excluding carboxylic acids is 1. The van der Waals surface area contributed by atoms with Crippen molar-refractivity contribution in [1.29, 1.82) is 0 Å². The number of aryl methyl sites for hydroxylation is 1. The van der Waals surface area contributed by atoms with Gasteiger partial charge in [-0.3, -0.25) is 14.4 Å². The lowest BCUT2D eigenvalue weighted by molar-refractivity contribution is -0.113. The van der Waals surface area contributed by atoms with Crippen molar-refractivity contribution in [3.05, 3.63) is 81.7 Å². The molecular formula is C22H19BrN4O2S. The summed E-state index contributed by atoms with van der Waals surface area (Å²) in [7, 11) is 1.64. The van der Waals surface area contributed by atoms with E-state index in [1.165, 1.54) is 4.90 Å². The molecule has 2 aromatic carbocycles. The highest BCUT2D eigenvalue weighted by Crippen LogP contribution is 2.26. The molecule has 1 saturated heterocycles. The van der Waals surface area contributed by atoms with E-state index in [9.17, 15) is 4.79 Å². The molecule has 1 N–H and O–H groups in total. The van der Waals surface area contributed by atoms with Gasteiger partial charge in [0, 0.05) is 11.8 Å². The number of carbonyl (C=O) groups is 1. The van der Waals surface area contributed by atoms with Crippen LogP contribution in [0.3, 0.4) is 0 Å². The van der Waals surface area contributed by atoms with Crippen molar-refractivity contribution in [2.24, 2.45) is 0 Å². The number of hydrogen-bond acceptors (Lipinski definition) is 4. The smallest absolute Gasteiger partial charge is 0.281 e. The molecule has 30 heavy (non-hydrogen) atoms. The number of hydrogen-bond donors (Lipinski definition) is 1. The molecule has 0 bridgehead atoms. The zero-order valence-corrected chi connectivity index (χ0v) is 18.8. The van der Waals surface area contributed by atoms with Crippen LogP contribution in [0.5, 0.6) is 5.75 Å². The average molecular weight is 483 g/mol. The van der Waals surface area contributed by atoms with Gasteiger partial charge in [0.15, 0.2) is 5.11 Å². The first-order valence-corrected chi connectivity index (χ1v) is 10.4. The van der Waals surface area contributed by atoms with Gasteiger partial charge in [-0.25, -0.2) is 0 Å². The van der Waals surface area contributed by atoms with E-state index in [0.717, 1.165) is 32.6 Å². The second kappa shape index (κ2) is 8.41. The van der Waals surface area contributed by atoms with Crippen molar-refractivity contribution in [3.8, 4) is 5.75 Å². The summed E-state index contributed by atoms with van der Waals surface area (Å²) in [6, 6.07) is 13.5. The van der Waals surface area contributed by atoms with Gasteiger partial charge >= 0.3 is 0 Å². The van der Waals surface area contributed by atoms with Gasteiger partial charge in [0.05, 0.1) is 30.0 Å². The third-order valence-electron chi connectivity index (χ3n) is 4.69. The number of aromatic nitrogens is 2. The molecule has 0 saturated carbocycles. The summed E-state index contributed by atoms with van der Waals surface area (Å²) in [5, 5.41) is 7.70. The van der Waals surface area contributed by atoms with Crippen molar-refractivity contribution in [1.82, 2.24) is 15.1 Å². The third-order valence-corrected chi connectivity index (χ3v) is 5.38. The molecule has 152 valence electrons. The maximum Gasteiger partial charge on any atom is 0.281 e. The minimum Gasteiger partial charge on any atom is -0.496 e. The monoisotopic (exact) mass is 482 g/mol. The zero-order valence-electron chi connectivity index (χ0n) is 16.4. The largest absolute Gasteiger partial charge is 0.496 e. The molecule has 4 rings (SSSR count). The van der Waals surface area contributed by atoms with Crippen LogP contribution in [0.4, 0.5) is 5.69 Å². The van der Waals surface area contributed by atoms with Crippen LogP contribution in [0.25, 0.3) is 6.08 Å². The first-order valence-electron chi connectivity index (χ1n) is 9.23. The lowest BCUT2D eigenvalue weighted by atomic mass is 10.1. The molecule has 0 spiro atoms. The maximum absolute atomic E-state index is 13.0. The van der Waals surface area contributed by atoms with E-state index in [4.69, 9.17) is 17.0 Å². The van der Waals surface area contributed by atoms with Crippen LogP contribution in [-0.4, -0.2) is 27.9 Å². The van der Waals surface area contributed by atoms with Crippen LogP contribution in [0, 0.1) is 6.92 Å². The summed E-state index contributed by atoms with van der Waals surface area (Å²) >= 11 is 8.82. The maximum atomic E-state index is 13.0. The fourth-order valence-corrected chi connectivity index (χ4v) is 3.94. The van der Waals surface area contributed by atoms with Crippen molar-refractivity contribution >= 4 is 50.9 Å². The Balaban J connectivity index is 1.63. The average Bonchev–Trinajstić information content (AvgIpc) is 3.24. The van der Waals surface area contributed by atoms with Gasteiger partial charge < -0.3 is 10.1 Å². The molecule has 1 fully saturated rings. The van der Waals surface area contributed by atoms with E-state index in [2.05, 4.69) is 26.3 Å². The zero-order chi connectivity index (χ0) is 21.3. The molecule has 1 amide bonds. The van der Waals surface area contributed by atoms with E-state index in [-0.39, 0.29) is 5.91 Å². The number of methoxy groups -OCH3 is 1. The Kier molecular flexibility index (Phi) is 5.69. The molecule has 6 nitrogen and oxygen atoms in total. The predicted molar refractivity (Wildman–Crippen MR) is 124 cm³/mol. The van der Waals surface area contributed by atoms with Crippen LogP contribution in [0.1, 0.15) is 16.7 Å². The number of halogens is 1. The van der Waals surface area contributed by atoms with Gasteiger partial charge in [-0.05, 0) is 76.5 Å². The molecule has 3 aromatic rings. The lowest BCUT2D eigenvalue weighted by Gasteiger charge is -2.14. The van der Waals surface area contributed by atoms with Crippen LogP contribution in [0.15, 0.2) is 65.0 Å². The molecule has 0 radical (unpaired) electrons. The van der Waals surface area contributed by atoms with Gasteiger partial charge in [0.2, 0.25) is 0 Å². The molecule has 1 aliphatic heterocycles. The van der Waals surface area contributed by atoms with E-state index in [1.807, 2.05) is 60.3 Å². The number of ether oxygens (including phenoxy) is 1. The minimum absolute atomic E-state index is 0.182. The quantitative estimate of drug-likeness (QED) is 0.434. The summed E-state index contributed by atoms with van der Waals surface area (Å²) in [6.45, 7) is 2.52. The standard InChI is InChI=1S/C22H19BrN4O2S/c1-14-4-3-5-18(8-14)27-21(28)19(25-22(27)30)10-15-6-7-20(29-2)16(9-15)12-26-13-17(23)11-24-26/h3-11,13H,12H2,1-2H3,(H,25,30)/b19-10+. The Morgan fingerprint density at radius 3 is 2.80 bits per heavy atom. The predicted octanol–water partition coefficient (Wildman–Crippen LogP) is 4.27. The van der Waals surface area contributed by atoms with E-state index >= 15 is 0 Å². The summed E-state index contributed by atoms with van der Waals surface area (Å²) in [5.41, 5.74) is 4.05. The molecule has 8 heteroatoms. The van der Waals surface area contributed by atoms with Gasteiger partial charge in [-0.2, -0.15) is 5.10 Å². The van der Waals surface area contributed by atoms with Gasteiger partial charge in [-0.15, -0.1) is 0 Å². The number of nitrogens with one attached hydrogen (secondary N) is 1. The van der Waals surface area contributed by atoms with E-state index < -0.39 is 0 Å². The van der Waals surface area contributed by atoms with Crippen molar-refractivity contribution in [2.75, 3.05) is 12.0 Å². The van der Waals surface area contributed by atoms with Crippen LogP contribution in [-0.2, 0) is 11.3 Å². The summed E-state index contributed by atoms with van der Waals surface area (Å²) in [6.07, 6.45) is 5.43. The Morgan fingerprint density at radius 1 is 1.27 bits per heavy atom. The first kappa shape index (κ1) is 20.3. The second-order valence-electron chi connectivity index (χ2n) is 6.90. The van der Waals surface area contributed by atoms with Crippen molar-refractivity contribution in [2.45, 2.75) is 13.5 Å². The Hall–Kier alpha value is -2.97. The number of nitrogens with zero attached hydrogens (tertiary/aromatic N) is 3. The highest BCUT2D eigenvalue weighted by atomic mass is 79.9. The Labute approximate surface area is 188 Å². The minimum atomic E-state index is -0.182. The number of rotatable bonds is 5. The number of amides is 1. The number of anilines is 1. The fourth-order valence-electron chi connectivity index (χ4n) is 3.31. The van der Waals surface area contributed by atoms with Gasteiger partial charge in [0.25, 0.3) is 5.91 Å². The molecule has 0 unspecified atom stereocenters. The summed E-state index contributed by atoms with van der Waals surface area (Å²) in [4.78, 5) is 14.5. The van der Waals surface area contributed by atoms with Gasteiger partial charge in [0.1, 0.15) is 11.4 Å². The molecule has 0 aliphatic carbocycles. The fraction of sp³-hybridized carbons (Fsp3) is 0.136. The van der Waals surface area contributed by atoms with Crippen LogP contribution >= 0.6 is 28.1 Å². The summed E-state index contributed by atoms with van der Waals surface area (Å²) in [5.74, 6) is 0.574. The SMILES string of the molecule is COc1ccc(/C=C2/NC(=S)N(c3cccc(C)c3)C2=O)cc1Cn1cc(Br)cn1. The van der Waals surface area contributed by atoms with Gasteiger partial charge in [-0.1, -0.05) is 18.2 Å². The molecule has 2 heterocycles. The highest BCUT2D eigenvalue weighted by Gasteiger charge is 2.32. The topological polar surface area (TPSA) is 59.4 Å². The van der Waals surface area contributed by atoms with Crippen molar-refractivity contribution < 1.29 is 9.53 Å². The molecule has 0 atom stereocenters. The normalized spacial score (nSPS) is 15.0. The van der Waals surface area contributed by atoms with E-state index in [1.54, 1.807) is 19.4 Å². The second-order valence-corrected chi connectivity index (χ2v) is 8.20.